The number of nitrogens with two attached hydrogens (primary N) is 1. The van der Waals surface area contributed by atoms with Gasteiger partial charge in [-0.2, -0.15) is 0 Å². The third-order valence-electron chi connectivity index (χ3n) is 3.86. The number of aromatic nitrogens is 1. The molecule has 1 fully saturated rings. The Morgan fingerprint density at radius 2 is 2.12 bits per heavy atom. The van der Waals surface area contributed by atoms with E-state index in [0.717, 1.165) is 16.6 Å². The predicted octanol–water partition coefficient (Wildman–Crippen LogP) is 3.29. The van der Waals surface area contributed by atoms with Gasteiger partial charge in [0.15, 0.2) is 0 Å². The molecule has 0 bridgehead atoms. The highest BCUT2D eigenvalue weighted by Crippen LogP contribution is 2.40. The van der Waals surface area contributed by atoms with Crippen molar-refractivity contribution in [2.75, 3.05) is 0 Å². The molecular weight excluding hydrogens is 264 g/mol. The van der Waals surface area contributed by atoms with Gasteiger partial charge in [-0.05, 0) is 46.3 Å². The van der Waals surface area contributed by atoms with Crippen molar-refractivity contribution in [1.29, 1.82) is 0 Å². The van der Waals surface area contributed by atoms with Crippen LogP contribution in [0.5, 0.6) is 0 Å². The van der Waals surface area contributed by atoms with Gasteiger partial charge in [0.05, 0.1) is 0 Å². The second-order valence-electron chi connectivity index (χ2n) is 5.14. The van der Waals surface area contributed by atoms with Gasteiger partial charge in [-0.15, -0.1) is 0 Å². The number of hydrogen-bond acceptors (Lipinski definition) is 2. The van der Waals surface area contributed by atoms with Crippen LogP contribution in [0.15, 0.2) is 22.8 Å². The molecule has 1 heterocycles. The summed E-state index contributed by atoms with van der Waals surface area (Å²) in [6.07, 6.45) is 7.94. The van der Waals surface area contributed by atoms with E-state index in [9.17, 15) is 0 Å². The SMILES string of the molecule is CC1(C(N)Cc2ccc(Br)cn2)CCCC1. The molecule has 0 amide bonds. The minimum Gasteiger partial charge on any atom is -0.327 e. The molecule has 1 unspecified atom stereocenters. The normalized spacial score (nSPS) is 20.9. The lowest BCUT2D eigenvalue weighted by molar-refractivity contribution is 0.259. The lowest BCUT2D eigenvalue weighted by atomic mass is 9.79. The van der Waals surface area contributed by atoms with Gasteiger partial charge in [-0.25, -0.2) is 0 Å². The largest absolute Gasteiger partial charge is 0.327 e. The van der Waals surface area contributed by atoms with Crippen LogP contribution in [0.2, 0.25) is 0 Å². The van der Waals surface area contributed by atoms with E-state index in [1.54, 1.807) is 0 Å². The zero-order chi connectivity index (χ0) is 11.6. The summed E-state index contributed by atoms with van der Waals surface area (Å²) in [5.41, 5.74) is 7.76. The van der Waals surface area contributed by atoms with Gasteiger partial charge in [-0.3, -0.25) is 4.98 Å². The van der Waals surface area contributed by atoms with Gasteiger partial charge >= 0.3 is 0 Å². The summed E-state index contributed by atoms with van der Waals surface area (Å²) in [5.74, 6) is 0. The summed E-state index contributed by atoms with van der Waals surface area (Å²) < 4.78 is 1.02. The molecule has 1 aliphatic rings. The standard InChI is InChI=1S/C13H19BrN2/c1-13(6-2-3-7-13)12(15)8-11-5-4-10(14)9-16-11/h4-5,9,12H,2-3,6-8,15H2,1H3. The van der Waals surface area contributed by atoms with Crippen molar-refractivity contribution in [3.63, 3.8) is 0 Å². The average molecular weight is 283 g/mol. The number of nitrogens with zero attached hydrogens (tertiary/aromatic N) is 1. The number of pyridine rings is 1. The first-order valence-corrected chi connectivity index (χ1v) is 6.75. The zero-order valence-electron chi connectivity index (χ0n) is 9.75. The number of hydrogen-bond donors (Lipinski definition) is 1. The molecule has 0 aliphatic heterocycles. The maximum Gasteiger partial charge on any atom is 0.0420 e. The van der Waals surface area contributed by atoms with Gasteiger partial charge in [0, 0.05) is 28.8 Å². The van der Waals surface area contributed by atoms with E-state index >= 15 is 0 Å². The van der Waals surface area contributed by atoms with E-state index < -0.39 is 0 Å². The van der Waals surface area contributed by atoms with Gasteiger partial charge < -0.3 is 5.73 Å². The van der Waals surface area contributed by atoms with Crippen LogP contribution in [0.4, 0.5) is 0 Å². The summed E-state index contributed by atoms with van der Waals surface area (Å²) in [6.45, 7) is 2.32. The zero-order valence-corrected chi connectivity index (χ0v) is 11.3. The van der Waals surface area contributed by atoms with Crippen LogP contribution in [0.1, 0.15) is 38.3 Å². The van der Waals surface area contributed by atoms with Crippen LogP contribution in [-0.2, 0) is 6.42 Å². The van der Waals surface area contributed by atoms with Crippen molar-refractivity contribution in [3.8, 4) is 0 Å². The monoisotopic (exact) mass is 282 g/mol. The fourth-order valence-corrected chi connectivity index (χ4v) is 2.79. The van der Waals surface area contributed by atoms with Gasteiger partial charge in [-0.1, -0.05) is 19.8 Å². The summed E-state index contributed by atoms with van der Waals surface area (Å²) in [5, 5.41) is 0. The van der Waals surface area contributed by atoms with E-state index in [-0.39, 0.29) is 6.04 Å². The van der Waals surface area contributed by atoms with Crippen molar-refractivity contribution < 1.29 is 0 Å². The smallest absolute Gasteiger partial charge is 0.0420 e. The topological polar surface area (TPSA) is 38.9 Å². The second-order valence-corrected chi connectivity index (χ2v) is 6.06. The molecule has 2 N–H and O–H groups in total. The first-order chi connectivity index (χ1) is 7.60. The first-order valence-electron chi connectivity index (χ1n) is 5.96. The summed E-state index contributed by atoms with van der Waals surface area (Å²) >= 11 is 3.39. The molecule has 88 valence electrons. The van der Waals surface area contributed by atoms with Crippen molar-refractivity contribution in [2.45, 2.75) is 45.1 Å². The molecule has 0 spiro atoms. The Hall–Kier alpha value is -0.410. The Morgan fingerprint density at radius 1 is 1.44 bits per heavy atom. The highest BCUT2D eigenvalue weighted by molar-refractivity contribution is 9.10. The molecule has 1 aliphatic carbocycles. The van der Waals surface area contributed by atoms with Gasteiger partial charge in [0.25, 0.3) is 0 Å². The van der Waals surface area contributed by atoms with E-state index in [4.69, 9.17) is 5.73 Å². The third kappa shape index (κ3) is 2.64. The van der Waals surface area contributed by atoms with Gasteiger partial charge in [0.1, 0.15) is 0 Å². The molecule has 0 saturated heterocycles. The summed E-state index contributed by atoms with van der Waals surface area (Å²) in [4.78, 5) is 4.39. The Kier molecular flexibility index (Phi) is 3.65. The van der Waals surface area contributed by atoms with Gasteiger partial charge in [0.2, 0.25) is 0 Å². The van der Waals surface area contributed by atoms with Crippen LogP contribution in [0.25, 0.3) is 0 Å². The number of rotatable bonds is 3. The van der Waals surface area contributed by atoms with Crippen LogP contribution >= 0.6 is 15.9 Å². The van der Waals surface area contributed by atoms with E-state index in [0.29, 0.717) is 5.41 Å². The average Bonchev–Trinajstić information content (AvgIpc) is 2.70. The van der Waals surface area contributed by atoms with Crippen molar-refractivity contribution in [2.24, 2.45) is 11.1 Å². The third-order valence-corrected chi connectivity index (χ3v) is 4.33. The molecule has 2 nitrogen and oxygen atoms in total. The first kappa shape index (κ1) is 12.1. The van der Waals surface area contributed by atoms with Crippen molar-refractivity contribution in [1.82, 2.24) is 4.98 Å². The van der Waals surface area contributed by atoms with E-state index in [1.165, 1.54) is 25.7 Å². The second kappa shape index (κ2) is 4.84. The van der Waals surface area contributed by atoms with Crippen molar-refractivity contribution in [3.05, 3.63) is 28.5 Å². The van der Waals surface area contributed by atoms with E-state index in [1.807, 2.05) is 12.3 Å². The minimum absolute atomic E-state index is 0.240. The maximum atomic E-state index is 6.33. The molecule has 1 atom stereocenters. The van der Waals surface area contributed by atoms with E-state index in [2.05, 4.69) is 33.9 Å². The maximum absolute atomic E-state index is 6.33. The Labute approximate surface area is 106 Å². The number of halogens is 1. The highest BCUT2D eigenvalue weighted by atomic mass is 79.9. The summed E-state index contributed by atoms with van der Waals surface area (Å²) in [6, 6.07) is 4.33. The summed E-state index contributed by atoms with van der Waals surface area (Å²) in [7, 11) is 0. The fourth-order valence-electron chi connectivity index (χ4n) is 2.55. The Bertz CT molecular complexity index is 341. The Balaban J connectivity index is 2.01. The lowest BCUT2D eigenvalue weighted by Gasteiger charge is -2.30. The molecule has 0 aromatic carbocycles. The minimum atomic E-state index is 0.240. The Morgan fingerprint density at radius 3 is 2.69 bits per heavy atom. The van der Waals surface area contributed by atoms with Crippen molar-refractivity contribution >= 4 is 15.9 Å². The molecule has 1 saturated carbocycles. The molecular formula is C13H19BrN2. The quantitative estimate of drug-likeness (QED) is 0.924. The van der Waals surface area contributed by atoms with Crippen LogP contribution in [0.3, 0.4) is 0 Å². The molecule has 1 aromatic rings. The molecule has 2 rings (SSSR count). The lowest BCUT2D eigenvalue weighted by Crippen LogP contribution is -2.39. The molecule has 0 radical (unpaired) electrons. The predicted molar refractivity (Wildman–Crippen MR) is 70.2 cm³/mol. The molecule has 16 heavy (non-hydrogen) atoms. The van der Waals surface area contributed by atoms with Crippen LogP contribution in [-0.4, -0.2) is 11.0 Å². The molecule has 1 aromatic heterocycles. The van der Waals surface area contributed by atoms with Crippen LogP contribution in [0, 0.1) is 5.41 Å². The molecule has 3 heteroatoms. The van der Waals surface area contributed by atoms with Crippen LogP contribution < -0.4 is 5.73 Å². The fraction of sp³-hybridized carbons (Fsp3) is 0.615. The highest BCUT2D eigenvalue weighted by Gasteiger charge is 2.34.